The molecule has 0 unspecified atom stereocenters. The molecule has 27 heavy (non-hydrogen) atoms. The second-order valence-electron chi connectivity index (χ2n) is 6.04. The fourth-order valence-corrected chi connectivity index (χ4v) is 3.75. The molecule has 3 heterocycles. The Kier molecular flexibility index (Phi) is 4.41. The highest BCUT2D eigenvalue weighted by molar-refractivity contribution is 7.15. The highest BCUT2D eigenvalue weighted by atomic mass is 32.1. The third-order valence-electron chi connectivity index (χ3n) is 4.21. The van der Waals surface area contributed by atoms with E-state index in [4.69, 9.17) is 13.9 Å². The lowest BCUT2D eigenvalue weighted by Crippen LogP contribution is -2.16. The largest absolute Gasteiger partial charge is 0.497 e. The lowest BCUT2D eigenvalue weighted by atomic mass is 10.1. The molecule has 4 rings (SSSR count). The van der Waals surface area contributed by atoms with Crippen molar-refractivity contribution in [3.63, 3.8) is 0 Å². The molecule has 1 aromatic carbocycles. The van der Waals surface area contributed by atoms with Crippen LogP contribution in [0.3, 0.4) is 0 Å². The summed E-state index contributed by atoms with van der Waals surface area (Å²) >= 11 is 1.37. The molecule has 0 fully saturated rings. The van der Waals surface area contributed by atoms with Gasteiger partial charge in [0.05, 0.1) is 25.5 Å². The molecular weight excluding hydrogens is 368 g/mol. The molecule has 0 atom stereocenters. The first kappa shape index (κ1) is 17.3. The zero-order valence-electron chi connectivity index (χ0n) is 14.7. The molecule has 0 saturated heterocycles. The first-order chi connectivity index (χ1) is 13.0. The van der Waals surface area contributed by atoms with Crippen LogP contribution < -0.4 is 10.3 Å². The topological polar surface area (TPSA) is 83.0 Å². The van der Waals surface area contributed by atoms with Crippen LogP contribution in [-0.2, 0) is 22.6 Å². The molecular formula is C19H16N2O5S. The van der Waals surface area contributed by atoms with Gasteiger partial charge < -0.3 is 13.9 Å². The van der Waals surface area contributed by atoms with Crippen LogP contribution in [0.5, 0.6) is 5.75 Å². The minimum atomic E-state index is -0.419. The third-order valence-corrected chi connectivity index (χ3v) is 5.15. The number of furan rings is 1. The van der Waals surface area contributed by atoms with Gasteiger partial charge in [-0.3, -0.25) is 14.0 Å². The Morgan fingerprint density at radius 2 is 2.19 bits per heavy atom. The number of esters is 1. The minimum Gasteiger partial charge on any atom is -0.497 e. The molecule has 0 N–H and O–H groups in total. The standard InChI is InChI=1S/C19H16N2O5S/c1-11-10-27-19-20-13(6-17(22)21(11)19)9-26-18(23)5-12-8-25-16-7-14(24-2)3-4-15(12)16/h3-4,6-8,10H,5,9H2,1-2H3. The number of hydrogen-bond donors (Lipinski definition) is 0. The molecule has 0 aliphatic carbocycles. The molecule has 0 aliphatic heterocycles. The van der Waals surface area contributed by atoms with E-state index in [1.165, 1.54) is 28.1 Å². The molecule has 4 aromatic rings. The van der Waals surface area contributed by atoms with Gasteiger partial charge in [0.2, 0.25) is 0 Å². The quantitative estimate of drug-likeness (QED) is 0.492. The summed E-state index contributed by atoms with van der Waals surface area (Å²) < 4.78 is 17.5. The van der Waals surface area contributed by atoms with Crippen LogP contribution in [0.2, 0.25) is 0 Å². The van der Waals surface area contributed by atoms with E-state index in [1.54, 1.807) is 13.2 Å². The van der Waals surface area contributed by atoms with Crippen LogP contribution in [0.15, 0.2) is 45.1 Å². The smallest absolute Gasteiger partial charge is 0.310 e. The highest BCUT2D eigenvalue weighted by Gasteiger charge is 2.13. The number of rotatable bonds is 5. The Hall–Kier alpha value is -3.13. The van der Waals surface area contributed by atoms with E-state index >= 15 is 0 Å². The number of benzene rings is 1. The lowest BCUT2D eigenvalue weighted by Gasteiger charge is -2.04. The number of fused-ring (bicyclic) bond motifs is 2. The highest BCUT2D eigenvalue weighted by Crippen LogP contribution is 2.26. The summed E-state index contributed by atoms with van der Waals surface area (Å²) in [5.41, 5.74) is 2.46. The normalized spacial score (nSPS) is 11.2. The maximum absolute atomic E-state index is 12.2. The summed E-state index contributed by atoms with van der Waals surface area (Å²) in [7, 11) is 1.58. The molecule has 0 amide bonds. The van der Waals surface area contributed by atoms with E-state index in [1.807, 2.05) is 24.4 Å². The Bertz CT molecular complexity index is 1200. The van der Waals surface area contributed by atoms with Gasteiger partial charge in [-0.15, -0.1) is 11.3 Å². The summed E-state index contributed by atoms with van der Waals surface area (Å²) in [6.07, 6.45) is 1.61. The number of aryl methyl sites for hydroxylation is 1. The van der Waals surface area contributed by atoms with Gasteiger partial charge in [-0.1, -0.05) is 0 Å². The molecule has 7 nitrogen and oxygen atoms in total. The van der Waals surface area contributed by atoms with Crippen molar-refractivity contribution in [2.45, 2.75) is 20.0 Å². The van der Waals surface area contributed by atoms with Crippen molar-refractivity contribution in [2.24, 2.45) is 0 Å². The van der Waals surface area contributed by atoms with Crippen LogP contribution in [0.1, 0.15) is 17.0 Å². The van der Waals surface area contributed by atoms with Gasteiger partial charge in [0, 0.05) is 34.2 Å². The Morgan fingerprint density at radius 3 is 3.00 bits per heavy atom. The Labute approximate surface area is 157 Å². The number of carbonyl (C=O) groups is 1. The monoisotopic (exact) mass is 384 g/mol. The molecule has 0 saturated carbocycles. The van der Waals surface area contributed by atoms with E-state index in [0.717, 1.165) is 16.6 Å². The van der Waals surface area contributed by atoms with Gasteiger partial charge in [-0.25, -0.2) is 4.98 Å². The number of hydrogen-bond acceptors (Lipinski definition) is 7. The number of thiazole rings is 1. The average Bonchev–Trinajstić information content (AvgIpc) is 3.23. The Morgan fingerprint density at radius 1 is 1.33 bits per heavy atom. The first-order valence-electron chi connectivity index (χ1n) is 8.21. The predicted octanol–water partition coefficient (Wildman–Crippen LogP) is 3.11. The molecule has 138 valence electrons. The number of carbonyl (C=O) groups excluding carboxylic acids is 1. The number of aromatic nitrogens is 2. The summed E-state index contributed by atoms with van der Waals surface area (Å²) in [6.45, 7) is 1.79. The van der Waals surface area contributed by atoms with E-state index < -0.39 is 5.97 Å². The van der Waals surface area contributed by atoms with Crippen LogP contribution >= 0.6 is 11.3 Å². The van der Waals surface area contributed by atoms with Gasteiger partial charge in [-0.05, 0) is 19.1 Å². The zero-order valence-corrected chi connectivity index (χ0v) is 15.5. The van der Waals surface area contributed by atoms with E-state index in [-0.39, 0.29) is 18.6 Å². The fraction of sp³-hybridized carbons (Fsp3) is 0.211. The van der Waals surface area contributed by atoms with Gasteiger partial charge in [-0.2, -0.15) is 0 Å². The van der Waals surface area contributed by atoms with Crippen molar-refractivity contribution < 1.29 is 18.7 Å². The van der Waals surface area contributed by atoms with Crippen molar-refractivity contribution in [1.29, 1.82) is 0 Å². The van der Waals surface area contributed by atoms with Gasteiger partial charge in [0.15, 0.2) is 4.96 Å². The number of methoxy groups -OCH3 is 1. The molecule has 3 aromatic heterocycles. The summed E-state index contributed by atoms with van der Waals surface area (Å²) in [5, 5.41) is 2.69. The van der Waals surface area contributed by atoms with Crippen molar-refractivity contribution in [2.75, 3.05) is 7.11 Å². The van der Waals surface area contributed by atoms with Crippen LogP contribution in [-0.4, -0.2) is 22.5 Å². The van der Waals surface area contributed by atoms with Crippen molar-refractivity contribution in [3.8, 4) is 5.75 Å². The fourth-order valence-electron chi connectivity index (χ4n) is 2.86. The van der Waals surface area contributed by atoms with E-state index in [9.17, 15) is 9.59 Å². The average molecular weight is 384 g/mol. The lowest BCUT2D eigenvalue weighted by molar-refractivity contribution is -0.144. The first-order valence-corrected chi connectivity index (χ1v) is 9.09. The van der Waals surface area contributed by atoms with E-state index in [2.05, 4.69) is 4.98 Å². The summed E-state index contributed by atoms with van der Waals surface area (Å²) in [5.74, 6) is 0.264. The maximum Gasteiger partial charge on any atom is 0.310 e. The number of nitrogens with zero attached hydrogens (tertiary/aromatic N) is 2. The summed E-state index contributed by atoms with van der Waals surface area (Å²) in [6, 6.07) is 6.80. The van der Waals surface area contributed by atoms with Gasteiger partial charge in [0.25, 0.3) is 5.56 Å². The molecule has 0 spiro atoms. The van der Waals surface area contributed by atoms with Crippen LogP contribution in [0.4, 0.5) is 0 Å². The zero-order chi connectivity index (χ0) is 19.0. The SMILES string of the molecule is COc1ccc2c(CC(=O)OCc3cc(=O)n4c(C)csc4n3)coc2c1. The van der Waals surface area contributed by atoms with Crippen LogP contribution in [0.25, 0.3) is 15.9 Å². The second-order valence-corrected chi connectivity index (χ2v) is 6.88. The van der Waals surface area contributed by atoms with Crippen molar-refractivity contribution in [1.82, 2.24) is 9.38 Å². The predicted molar refractivity (Wildman–Crippen MR) is 100 cm³/mol. The van der Waals surface area contributed by atoms with Crippen molar-refractivity contribution >= 4 is 33.2 Å². The minimum absolute atomic E-state index is 0.0505. The Balaban J connectivity index is 1.46. The molecule has 0 bridgehead atoms. The van der Waals surface area contributed by atoms with Crippen LogP contribution in [0, 0.1) is 6.92 Å². The molecule has 8 heteroatoms. The number of ether oxygens (including phenoxy) is 2. The summed E-state index contributed by atoms with van der Waals surface area (Å²) in [4.78, 5) is 29.3. The molecule has 0 radical (unpaired) electrons. The third kappa shape index (κ3) is 3.31. The second kappa shape index (κ2) is 6.88. The van der Waals surface area contributed by atoms with E-state index in [0.29, 0.717) is 22.0 Å². The van der Waals surface area contributed by atoms with Crippen molar-refractivity contribution in [3.05, 3.63) is 63.2 Å². The van der Waals surface area contributed by atoms with Gasteiger partial charge in [0.1, 0.15) is 17.9 Å². The maximum atomic E-state index is 12.2. The molecule has 0 aliphatic rings. The van der Waals surface area contributed by atoms with Gasteiger partial charge >= 0.3 is 5.97 Å².